The molecule has 13 heteroatoms. The van der Waals surface area contributed by atoms with Crippen molar-refractivity contribution in [3.8, 4) is 5.75 Å². The average Bonchev–Trinajstić information content (AvgIpc) is 2.71. The fourth-order valence-electron chi connectivity index (χ4n) is 3.18. The van der Waals surface area contributed by atoms with Gasteiger partial charge in [-0.05, 0) is 41.1 Å². The molecule has 0 bridgehead atoms. The smallest absolute Gasteiger partial charge is 0.871 e. The topological polar surface area (TPSA) is 159 Å². The van der Waals surface area contributed by atoms with Gasteiger partial charge < -0.3 is 9.66 Å². The number of rotatable bonds is 4. The van der Waals surface area contributed by atoms with Crippen molar-refractivity contribution in [2.45, 2.75) is 9.79 Å². The molecular weight excluding hydrogens is 490 g/mol. The van der Waals surface area contributed by atoms with Crippen molar-refractivity contribution >= 4 is 53.2 Å². The molecule has 9 nitrogen and oxygen atoms in total. The molecule has 0 aliphatic carbocycles. The molecule has 4 aromatic carbocycles. The first-order valence-electron chi connectivity index (χ1n) is 8.66. The molecular formula is C20H12N2Na2O7S2. The zero-order valence-corrected chi connectivity index (χ0v) is 23.1. The maximum atomic E-state index is 12.7. The van der Waals surface area contributed by atoms with Gasteiger partial charge >= 0.3 is 59.1 Å². The molecule has 1 N–H and O–H groups in total. The zero-order valence-electron chi connectivity index (χ0n) is 17.5. The van der Waals surface area contributed by atoms with Crippen LogP contribution in [0.4, 0.5) is 11.4 Å². The van der Waals surface area contributed by atoms with Crippen LogP contribution in [0.3, 0.4) is 0 Å². The van der Waals surface area contributed by atoms with Crippen molar-refractivity contribution in [3.05, 3.63) is 66.7 Å². The summed E-state index contributed by atoms with van der Waals surface area (Å²) >= 11 is 0. The third-order valence-electron chi connectivity index (χ3n) is 4.61. The molecule has 4 aromatic rings. The summed E-state index contributed by atoms with van der Waals surface area (Å²) in [7, 11) is -9.19. The summed E-state index contributed by atoms with van der Waals surface area (Å²) in [6.07, 6.45) is 0. The summed E-state index contributed by atoms with van der Waals surface area (Å²) in [6, 6.07) is 15.2. The van der Waals surface area contributed by atoms with Crippen molar-refractivity contribution < 1.29 is 90.2 Å². The summed E-state index contributed by atoms with van der Waals surface area (Å²) in [6.45, 7) is 0. The van der Waals surface area contributed by atoms with Crippen LogP contribution in [0.2, 0.25) is 0 Å². The van der Waals surface area contributed by atoms with Crippen LogP contribution in [0.15, 0.2) is 86.7 Å². The minimum absolute atomic E-state index is 0. The van der Waals surface area contributed by atoms with Gasteiger partial charge in [-0.25, -0.2) is 8.42 Å². The van der Waals surface area contributed by atoms with Crippen molar-refractivity contribution in [2.24, 2.45) is 10.2 Å². The van der Waals surface area contributed by atoms with E-state index in [0.717, 1.165) is 0 Å². The number of nitrogens with zero attached hydrogens (tertiary/aromatic N) is 2. The van der Waals surface area contributed by atoms with E-state index in [1.54, 1.807) is 12.1 Å². The monoisotopic (exact) mass is 502 g/mol. The molecule has 0 atom stereocenters. The minimum Gasteiger partial charge on any atom is -0.871 e. The van der Waals surface area contributed by atoms with Crippen LogP contribution in [-0.2, 0) is 20.2 Å². The molecule has 158 valence electrons. The maximum absolute atomic E-state index is 12.7. The van der Waals surface area contributed by atoms with Crippen LogP contribution in [0.25, 0.3) is 21.5 Å². The van der Waals surface area contributed by atoms with Gasteiger partial charge in [0, 0.05) is 10.8 Å². The predicted molar refractivity (Wildman–Crippen MR) is 109 cm³/mol. The second-order valence-corrected chi connectivity index (χ2v) is 9.32. The Morgan fingerprint density at radius 3 is 2.06 bits per heavy atom. The second-order valence-electron chi connectivity index (χ2n) is 6.55. The predicted octanol–water partition coefficient (Wildman–Crippen LogP) is -2.36. The number of benzene rings is 4. The molecule has 33 heavy (non-hydrogen) atoms. The van der Waals surface area contributed by atoms with E-state index in [0.29, 0.717) is 10.8 Å². The van der Waals surface area contributed by atoms with Gasteiger partial charge in [0.2, 0.25) is 0 Å². The molecule has 0 unspecified atom stereocenters. The van der Waals surface area contributed by atoms with Crippen LogP contribution in [0, 0.1) is 0 Å². The van der Waals surface area contributed by atoms with Gasteiger partial charge in [-0.2, -0.15) is 13.5 Å². The normalized spacial score (nSPS) is 11.9. The van der Waals surface area contributed by atoms with Crippen LogP contribution in [0.1, 0.15) is 0 Å². The molecule has 0 aromatic heterocycles. The first-order valence-corrected chi connectivity index (χ1v) is 11.5. The first-order chi connectivity index (χ1) is 14.6. The van der Waals surface area contributed by atoms with Crippen LogP contribution in [0.5, 0.6) is 5.75 Å². The van der Waals surface area contributed by atoms with Crippen molar-refractivity contribution in [1.29, 1.82) is 0 Å². The molecule has 0 aliphatic rings. The van der Waals surface area contributed by atoms with E-state index in [2.05, 4.69) is 10.2 Å². The SMILES string of the molecule is O=S(=O)([O-])c1ccc2cccc(N=Nc3ccc4c(S(=O)(=O)O)cccc4c3[O-])c2c1.[Na+].[Na+]. The van der Waals surface area contributed by atoms with Gasteiger partial charge in [0.25, 0.3) is 10.1 Å². The molecule has 0 radical (unpaired) electrons. The number of azo groups is 1. The largest absolute Gasteiger partial charge is 1.00 e. The maximum Gasteiger partial charge on any atom is 1.00 e. The van der Waals surface area contributed by atoms with Gasteiger partial charge in [0.05, 0.1) is 16.3 Å². The molecule has 4 rings (SSSR count). The Labute approximate surface area is 233 Å². The zero-order chi connectivity index (χ0) is 22.4. The van der Waals surface area contributed by atoms with Crippen molar-refractivity contribution in [2.75, 3.05) is 0 Å². The second kappa shape index (κ2) is 10.5. The number of fused-ring (bicyclic) bond motifs is 2. The van der Waals surface area contributed by atoms with Crippen molar-refractivity contribution in [3.63, 3.8) is 0 Å². The average molecular weight is 502 g/mol. The molecule has 0 amide bonds. The van der Waals surface area contributed by atoms with E-state index in [-0.39, 0.29) is 81.3 Å². The standard InChI is InChI=1S/C20H14N2O7S2.2Na/c23-20-15-4-2-6-19(31(27,28)29)14(15)9-10-18(20)22-21-17-5-1-3-12-7-8-13(11-16(12)17)30(24,25)26;;/h1-11,23H,(H,24,25,26)(H,27,28,29);;/q;2*+1/p-2. The molecule has 0 saturated carbocycles. The summed E-state index contributed by atoms with van der Waals surface area (Å²) in [5.74, 6) is -0.602. The molecule has 0 heterocycles. The van der Waals surface area contributed by atoms with Crippen LogP contribution < -0.4 is 64.2 Å². The van der Waals surface area contributed by atoms with E-state index in [1.165, 1.54) is 54.6 Å². The fraction of sp³-hybridized carbons (Fsp3) is 0. The Bertz CT molecular complexity index is 1610. The molecule has 0 aliphatic heterocycles. The van der Waals surface area contributed by atoms with E-state index in [9.17, 15) is 31.0 Å². The molecule has 0 saturated heterocycles. The Morgan fingerprint density at radius 1 is 0.727 bits per heavy atom. The Kier molecular flexibility index (Phi) is 8.85. The Hall–Kier alpha value is -1.38. The summed E-state index contributed by atoms with van der Waals surface area (Å²) in [4.78, 5) is -0.818. The van der Waals surface area contributed by atoms with E-state index in [1.807, 2.05) is 0 Å². The van der Waals surface area contributed by atoms with Gasteiger partial charge in [-0.3, -0.25) is 4.55 Å². The number of hydrogen-bond donors (Lipinski definition) is 1. The van der Waals surface area contributed by atoms with Crippen LogP contribution >= 0.6 is 0 Å². The minimum atomic E-state index is -4.67. The fourth-order valence-corrected chi connectivity index (χ4v) is 4.38. The molecule has 0 fully saturated rings. The summed E-state index contributed by atoms with van der Waals surface area (Å²) in [5.41, 5.74) is 0.138. The molecule has 0 spiro atoms. The van der Waals surface area contributed by atoms with E-state index in [4.69, 9.17) is 0 Å². The number of hydrogen-bond acceptors (Lipinski definition) is 8. The van der Waals surface area contributed by atoms with Gasteiger partial charge in [-0.15, -0.1) is 5.11 Å². The van der Waals surface area contributed by atoms with Crippen LogP contribution in [-0.4, -0.2) is 25.9 Å². The Morgan fingerprint density at radius 2 is 1.39 bits per heavy atom. The third kappa shape index (κ3) is 5.82. The third-order valence-corrected chi connectivity index (χ3v) is 6.36. The van der Waals surface area contributed by atoms with Gasteiger partial charge in [0.15, 0.2) is 0 Å². The van der Waals surface area contributed by atoms with E-state index < -0.39 is 35.8 Å². The van der Waals surface area contributed by atoms with Gasteiger partial charge in [0.1, 0.15) is 15.0 Å². The summed E-state index contributed by atoms with van der Waals surface area (Å²) in [5, 5.41) is 21.7. The first kappa shape index (κ1) is 27.9. The van der Waals surface area contributed by atoms with Crippen molar-refractivity contribution in [1.82, 2.24) is 0 Å². The van der Waals surface area contributed by atoms with E-state index >= 15 is 0 Å². The summed E-state index contributed by atoms with van der Waals surface area (Å²) < 4.78 is 66.4. The Balaban J connectivity index is 0.00000193. The quantitative estimate of drug-likeness (QED) is 0.186. The van der Waals surface area contributed by atoms with Gasteiger partial charge in [-0.1, -0.05) is 42.1 Å².